The highest BCUT2D eigenvalue weighted by Crippen LogP contribution is 2.36. The molecule has 1 atom stereocenters. The van der Waals surface area contributed by atoms with E-state index in [2.05, 4.69) is 10.3 Å². The Morgan fingerprint density at radius 1 is 1.27 bits per heavy atom. The fraction of sp³-hybridized carbons (Fsp3) is 0.312. The zero-order valence-corrected chi connectivity index (χ0v) is 13.4. The Bertz CT molecular complexity index is 854. The highest BCUT2D eigenvalue weighted by molar-refractivity contribution is 6.03. The minimum Gasteiger partial charge on any atom is -0.364 e. The second kappa shape index (κ2) is 6.52. The van der Waals surface area contributed by atoms with Crippen molar-refractivity contribution in [1.82, 2.24) is 10.2 Å². The van der Waals surface area contributed by atoms with Gasteiger partial charge in [0.15, 0.2) is 0 Å². The summed E-state index contributed by atoms with van der Waals surface area (Å²) in [5.41, 5.74) is -3.93. The first-order chi connectivity index (χ1) is 12.3. The van der Waals surface area contributed by atoms with Gasteiger partial charge in [0.05, 0.1) is 0 Å². The Morgan fingerprint density at radius 2 is 1.92 bits per heavy atom. The second-order valence-electron chi connectivity index (χ2n) is 5.69. The van der Waals surface area contributed by atoms with Gasteiger partial charge in [-0.3, -0.25) is 4.79 Å². The molecule has 0 saturated carbocycles. The average molecular weight is 371 g/mol. The maximum atomic E-state index is 13.3. The van der Waals surface area contributed by atoms with Gasteiger partial charge < -0.3 is 9.63 Å². The zero-order valence-electron chi connectivity index (χ0n) is 13.4. The molecule has 1 N–H and O–H groups in total. The highest BCUT2D eigenvalue weighted by Gasteiger charge is 2.54. The number of aryl methyl sites for hydroxylation is 1. The van der Waals surface area contributed by atoms with E-state index in [4.69, 9.17) is 4.52 Å². The SMILES string of the molecule is Cc1onc(-c2ccccc2)c1C(=O)N1N=C(C(F)F)C[C@@]1(O)C(F)F. The standard InChI is InChI=1S/C16H13F4N3O3/c1-8-11(12(22-26-8)9-5-3-2-4-6-9)14(24)23-16(25,15(19)20)7-10(21-23)13(17)18/h2-6,13,15,25H,7H2,1H3/t16-/m1/s1. The summed E-state index contributed by atoms with van der Waals surface area (Å²) in [6.07, 6.45) is -7.85. The van der Waals surface area contributed by atoms with Crippen molar-refractivity contribution >= 4 is 11.6 Å². The fourth-order valence-corrected chi connectivity index (χ4v) is 2.63. The van der Waals surface area contributed by atoms with Crippen molar-refractivity contribution in [3.05, 3.63) is 41.7 Å². The van der Waals surface area contributed by atoms with Gasteiger partial charge in [0.25, 0.3) is 18.8 Å². The van der Waals surface area contributed by atoms with Crippen LogP contribution in [-0.4, -0.2) is 45.5 Å². The zero-order chi connectivity index (χ0) is 19.1. The Morgan fingerprint density at radius 3 is 2.50 bits per heavy atom. The number of carbonyl (C=O) groups is 1. The molecule has 0 aliphatic carbocycles. The third-order valence-electron chi connectivity index (χ3n) is 3.95. The molecule has 0 fully saturated rings. The smallest absolute Gasteiger partial charge is 0.287 e. The number of rotatable bonds is 4. The molecule has 3 rings (SSSR count). The van der Waals surface area contributed by atoms with Gasteiger partial charge in [-0.15, -0.1) is 0 Å². The van der Waals surface area contributed by atoms with E-state index in [1.807, 2.05) is 0 Å². The largest absolute Gasteiger partial charge is 0.364 e. The van der Waals surface area contributed by atoms with E-state index in [9.17, 15) is 27.5 Å². The molecule has 26 heavy (non-hydrogen) atoms. The van der Waals surface area contributed by atoms with Gasteiger partial charge in [0, 0.05) is 12.0 Å². The van der Waals surface area contributed by atoms with Crippen molar-refractivity contribution in [3.63, 3.8) is 0 Å². The number of aliphatic hydroxyl groups is 1. The van der Waals surface area contributed by atoms with Crippen molar-refractivity contribution in [3.8, 4) is 11.3 Å². The molecule has 0 bridgehead atoms. The number of hydrogen-bond acceptors (Lipinski definition) is 5. The predicted octanol–water partition coefficient (Wildman–Crippen LogP) is 3.07. The molecule has 1 aliphatic heterocycles. The number of nitrogens with zero attached hydrogens (tertiary/aromatic N) is 3. The number of benzene rings is 1. The molecular weight excluding hydrogens is 358 g/mol. The van der Waals surface area contributed by atoms with Crippen molar-refractivity contribution < 1.29 is 32.0 Å². The van der Waals surface area contributed by atoms with Crippen LogP contribution in [0.2, 0.25) is 0 Å². The lowest BCUT2D eigenvalue weighted by molar-refractivity contribution is -0.164. The summed E-state index contributed by atoms with van der Waals surface area (Å²) in [5, 5.41) is 17.1. The Kier molecular flexibility index (Phi) is 4.53. The van der Waals surface area contributed by atoms with Crippen LogP contribution >= 0.6 is 0 Å². The number of aromatic nitrogens is 1. The maximum Gasteiger partial charge on any atom is 0.287 e. The quantitative estimate of drug-likeness (QED) is 0.838. The normalized spacial score (nSPS) is 20.2. The molecule has 0 radical (unpaired) electrons. The summed E-state index contributed by atoms with van der Waals surface area (Å²) in [4.78, 5) is 12.8. The minimum atomic E-state index is -3.51. The third kappa shape index (κ3) is 2.85. The number of hydrazone groups is 1. The highest BCUT2D eigenvalue weighted by atomic mass is 19.3. The van der Waals surface area contributed by atoms with Gasteiger partial charge in [0.1, 0.15) is 22.7 Å². The molecular formula is C16H13F4N3O3. The Balaban J connectivity index is 2.08. The molecule has 1 amide bonds. The number of carbonyl (C=O) groups excluding carboxylic acids is 1. The predicted molar refractivity (Wildman–Crippen MR) is 81.9 cm³/mol. The molecule has 1 aromatic heterocycles. The summed E-state index contributed by atoms with van der Waals surface area (Å²) in [6.45, 7) is 1.36. The van der Waals surface area contributed by atoms with E-state index in [-0.39, 0.29) is 22.0 Å². The van der Waals surface area contributed by atoms with Gasteiger partial charge in [-0.2, -0.15) is 10.1 Å². The lowest BCUT2D eigenvalue weighted by atomic mass is 10.0. The molecule has 0 unspecified atom stereocenters. The van der Waals surface area contributed by atoms with Gasteiger partial charge >= 0.3 is 0 Å². The summed E-state index contributed by atoms with van der Waals surface area (Å²) in [7, 11) is 0. The Labute approximate surface area is 144 Å². The monoisotopic (exact) mass is 371 g/mol. The van der Waals surface area contributed by atoms with Crippen molar-refractivity contribution in [2.24, 2.45) is 5.10 Å². The van der Waals surface area contributed by atoms with Crippen molar-refractivity contribution in [2.45, 2.75) is 31.9 Å². The van der Waals surface area contributed by atoms with Crippen LogP contribution in [0.15, 0.2) is 40.0 Å². The molecule has 0 saturated heterocycles. The van der Waals surface area contributed by atoms with Crippen LogP contribution in [0, 0.1) is 6.92 Å². The summed E-state index contributed by atoms with van der Waals surface area (Å²) >= 11 is 0. The minimum absolute atomic E-state index is 0.00880. The molecule has 1 aliphatic rings. The third-order valence-corrected chi connectivity index (χ3v) is 3.95. The van der Waals surface area contributed by atoms with Crippen LogP contribution in [0.3, 0.4) is 0 Å². The average Bonchev–Trinajstić information content (AvgIpc) is 3.17. The van der Waals surface area contributed by atoms with Crippen LogP contribution in [0.4, 0.5) is 17.6 Å². The van der Waals surface area contributed by atoms with Crippen LogP contribution < -0.4 is 0 Å². The molecule has 1 aromatic carbocycles. The lowest BCUT2D eigenvalue weighted by Crippen LogP contribution is -2.51. The summed E-state index contributed by atoms with van der Waals surface area (Å²) in [6, 6.07) is 8.24. The second-order valence-corrected chi connectivity index (χ2v) is 5.69. The summed E-state index contributed by atoms with van der Waals surface area (Å²) in [5.74, 6) is -1.23. The molecule has 10 heteroatoms. The van der Waals surface area contributed by atoms with Crippen LogP contribution in [0.5, 0.6) is 0 Å². The molecule has 2 heterocycles. The number of halogens is 4. The molecule has 2 aromatic rings. The van der Waals surface area contributed by atoms with Gasteiger partial charge in [-0.25, -0.2) is 17.6 Å². The summed E-state index contributed by atoms with van der Waals surface area (Å²) < 4.78 is 57.4. The molecule has 138 valence electrons. The number of alkyl halides is 4. The maximum absolute atomic E-state index is 13.3. The first-order valence-electron chi connectivity index (χ1n) is 7.48. The molecule has 6 nitrogen and oxygen atoms in total. The first kappa shape index (κ1) is 18.1. The Hall–Kier alpha value is -2.75. The van der Waals surface area contributed by atoms with E-state index in [0.29, 0.717) is 5.56 Å². The fourth-order valence-electron chi connectivity index (χ4n) is 2.63. The van der Waals surface area contributed by atoms with E-state index in [1.165, 1.54) is 6.92 Å². The van der Waals surface area contributed by atoms with Crippen molar-refractivity contribution in [1.29, 1.82) is 0 Å². The van der Waals surface area contributed by atoms with E-state index < -0.39 is 36.6 Å². The van der Waals surface area contributed by atoms with Crippen LogP contribution in [0.1, 0.15) is 22.5 Å². The van der Waals surface area contributed by atoms with Crippen LogP contribution in [0.25, 0.3) is 11.3 Å². The van der Waals surface area contributed by atoms with Gasteiger partial charge in [0.2, 0.25) is 5.72 Å². The molecule has 0 spiro atoms. The van der Waals surface area contributed by atoms with E-state index >= 15 is 0 Å². The van der Waals surface area contributed by atoms with Gasteiger partial charge in [-0.05, 0) is 6.92 Å². The first-order valence-corrected chi connectivity index (χ1v) is 7.48. The van der Waals surface area contributed by atoms with E-state index in [1.54, 1.807) is 30.3 Å². The van der Waals surface area contributed by atoms with Crippen LogP contribution in [-0.2, 0) is 0 Å². The lowest BCUT2D eigenvalue weighted by Gasteiger charge is -2.29. The number of amides is 1. The van der Waals surface area contributed by atoms with Gasteiger partial charge in [-0.1, -0.05) is 35.5 Å². The number of hydrogen-bond donors (Lipinski definition) is 1. The van der Waals surface area contributed by atoms with Crippen molar-refractivity contribution in [2.75, 3.05) is 0 Å². The topological polar surface area (TPSA) is 78.9 Å². The van der Waals surface area contributed by atoms with E-state index in [0.717, 1.165) is 0 Å².